The second-order valence-corrected chi connectivity index (χ2v) is 6.84. The molecule has 23 heavy (non-hydrogen) atoms. The van der Waals surface area contributed by atoms with Gasteiger partial charge in [0.05, 0.1) is 11.5 Å². The fourth-order valence-corrected chi connectivity index (χ4v) is 2.54. The van der Waals surface area contributed by atoms with Gasteiger partial charge in [-0.2, -0.15) is 0 Å². The third-order valence-corrected chi connectivity index (χ3v) is 4.16. The highest BCUT2D eigenvalue weighted by atomic mass is 32.2. The number of amides is 1. The molecule has 0 saturated heterocycles. The Balaban J connectivity index is 2.14. The predicted molar refractivity (Wildman–Crippen MR) is 85.1 cm³/mol. The Morgan fingerprint density at radius 3 is 2.35 bits per heavy atom. The number of anilines is 1. The lowest BCUT2D eigenvalue weighted by molar-refractivity contribution is 0.102. The number of hydrogen-bond donors (Lipinski definition) is 1. The van der Waals surface area contributed by atoms with Gasteiger partial charge in [0.1, 0.15) is 0 Å². The van der Waals surface area contributed by atoms with Crippen LogP contribution in [0.5, 0.6) is 5.75 Å². The summed E-state index contributed by atoms with van der Waals surface area (Å²) < 4.78 is 41.6. The van der Waals surface area contributed by atoms with E-state index in [-0.39, 0.29) is 21.9 Å². The summed E-state index contributed by atoms with van der Waals surface area (Å²) in [5.41, 5.74) is 0.551. The van der Waals surface area contributed by atoms with Crippen molar-refractivity contribution in [2.24, 2.45) is 0 Å². The Labute approximate surface area is 134 Å². The largest absolute Gasteiger partial charge is 0.491 e. The van der Waals surface area contributed by atoms with Gasteiger partial charge in [0.2, 0.25) is 0 Å². The number of hydrogen-bond acceptors (Lipinski definition) is 4. The minimum absolute atomic E-state index is 0.114. The molecule has 0 aliphatic carbocycles. The highest BCUT2D eigenvalue weighted by molar-refractivity contribution is 7.90. The number of halogens is 1. The van der Waals surface area contributed by atoms with Gasteiger partial charge in [-0.3, -0.25) is 4.79 Å². The molecule has 0 heterocycles. The molecule has 2 aromatic rings. The third-order valence-electron chi connectivity index (χ3n) is 3.03. The van der Waals surface area contributed by atoms with Crippen LogP contribution in [0.1, 0.15) is 17.3 Å². The van der Waals surface area contributed by atoms with Crippen molar-refractivity contribution in [1.29, 1.82) is 0 Å². The Kier molecular flexibility index (Phi) is 5.00. The quantitative estimate of drug-likeness (QED) is 0.910. The molecule has 0 aliphatic rings. The van der Waals surface area contributed by atoms with Crippen molar-refractivity contribution in [2.45, 2.75) is 11.8 Å². The maximum atomic E-state index is 13.7. The first-order valence-corrected chi connectivity index (χ1v) is 8.74. The number of carbonyl (C=O) groups is 1. The lowest BCUT2D eigenvalue weighted by Gasteiger charge is -2.09. The standard InChI is InChI=1S/C16H16FNO4S/c1-3-22-15-9-6-12(10-14(15)17)18-16(19)11-4-7-13(8-5-11)23(2,20)21/h4-10H,3H2,1-2H3,(H,18,19). The molecule has 0 saturated carbocycles. The summed E-state index contributed by atoms with van der Waals surface area (Å²) in [5, 5.41) is 2.54. The van der Waals surface area contributed by atoms with Crippen LogP contribution in [0.2, 0.25) is 0 Å². The predicted octanol–water partition coefficient (Wildman–Crippen LogP) is 2.88. The lowest BCUT2D eigenvalue weighted by atomic mass is 10.2. The van der Waals surface area contributed by atoms with E-state index in [1.54, 1.807) is 6.92 Å². The SMILES string of the molecule is CCOc1ccc(NC(=O)c2ccc(S(C)(=O)=O)cc2)cc1F. The van der Waals surface area contributed by atoms with E-state index >= 15 is 0 Å². The highest BCUT2D eigenvalue weighted by Crippen LogP contribution is 2.21. The van der Waals surface area contributed by atoms with Crippen LogP contribution in [-0.2, 0) is 9.84 Å². The van der Waals surface area contributed by atoms with Crippen LogP contribution in [0.15, 0.2) is 47.4 Å². The summed E-state index contributed by atoms with van der Waals surface area (Å²) in [6, 6.07) is 9.62. The molecule has 5 nitrogen and oxygen atoms in total. The Morgan fingerprint density at radius 2 is 1.83 bits per heavy atom. The summed E-state index contributed by atoms with van der Waals surface area (Å²) in [5.74, 6) is -0.923. The van der Waals surface area contributed by atoms with E-state index in [0.29, 0.717) is 6.61 Å². The maximum Gasteiger partial charge on any atom is 0.255 e. The number of benzene rings is 2. The summed E-state index contributed by atoms with van der Waals surface area (Å²) in [6.45, 7) is 2.09. The minimum Gasteiger partial charge on any atom is -0.491 e. The van der Waals surface area contributed by atoms with Gasteiger partial charge in [0.15, 0.2) is 21.4 Å². The van der Waals surface area contributed by atoms with Crippen LogP contribution in [0.3, 0.4) is 0 Å². The molecule has 122 valence electrons. The molecule has 1 N–H and O–H groups in total. The normalized spacial score (nSPS) is 11.1. The molecule has 1 amide bonds. The van der Waals surface area contributed by atoms with Crippen LogP contribution in [0.25, 0.3) is 0 Å². The summed E-state index contributed by atoms with van der Waals surface area (Å²) in [6.07, 6.45) is 1.09. The molecule has 0 fully saturated rings. The Morgan fingerprint density at radius 1 is 1.17 bits per heavy atom. The van der Waals surface area contributed by atoms with Crippen molar-refractivity contribution in [3.63, 3.8) is 0 Å². The number of nitrogens with one attached hydrogen (secondary N) is 1. The zero-order valence-corrected chi connectivity index (χ0v) is 13.5. The Bertz CT molecular complexity index is 816. The smallest absolute Gasteiger partial charge is 0.255 e. The number of rotatable bonds is 5. The van der Waals surface area contributed by atoms with Crippen LogP contribution < -0.4 is 10.1 Å². The molecular formula is C16H16FNO4S. The van der Waals surface area contributed by atoms with Gasteiger partial charge < -0.3 is 10.1 Å². The first-order chi connectivity index (χ1) is 10.8. The third kappa shape index (κ3) is 4.29. The molecule has 2 aromatic carbocycles. The van der Waals surface area contributed by atoms with Crippen LogP contribution in [0.4, 0.5) is 10.1 Å². The topological polar surface area (TPSA) is 72.5 Å². The van der Waals surface area contributed by atoms with Crippen molar-refractivity contribution in [2.75, 3.05) is 18.2 Å². The fourth-order valence-electron chi connectivity index (χ4n) is 1.91. The van der Waals surface area contributed by atoms with E-state index in [1.165, 1.54) is 36.4 Å². The highest BCUT2D eigenvalue weighted by Gasteiger charge is 2.11. The van der Waals surface area contributed by atoms with E-state index in [1.807, 2.05) is 0 Å². The Hall–Kier alpha value is -2.41. The first kappa shape index (κ1) is 17.0. The monoisotopic (exact) mass is 337 g/mol. The minimum atomic E-state index is -3.32. The van der Waals surface area contributed by atoms with Crippen molar-refractivity contribution < 1.29 is 22.3 Å². The molecule has 0 spiro atoms. The van der Waals surface area contributed by atoms with Crippen molar-refractivity contribution in [3.05, 3.63) is 53.8 Å². The van der Waals surface area contributed by atoms with E-state index in [9.17, 15) is 17.6 Å². The number of ether oxygens (including phenoxy) is 1. The molecule has 0 bridgehead atoms. The summed E-state index contributed by atoms with van der Waals surface area (Å²) in [4.78, 5) is 12.2. The zero-order chi connectivity index (χ0) is 17.0. The molecule has 0 atom stereocenters. The molecule has 2 rings (SSSR count). The van der Waals surface area contributed by atoms with Gasteiger partial charge in [0, 0.05) is 23.6 Å². The van der Waals surface area contributed by atoms with E-state index in [0.717, 1.165) is 12.3 Å². The van der Waals surface area contributed by atoms with E-state index < -0.39 is 21.6 Å². The number of carbonyl (C=O) groups excluding carboxylic acids is 1. The molecule has 0 radical (unpaired) electrons. The average Bonchev–Trinajstić information content (AvgIpc) is 2.49. The van der Waals surface area contributed by atoms with Crippen LogP contribution >= 0.6 is 0 Å². The summed E-state index contributed by atoms with van der Waals surface area (Å²) >= 11 is 0. The molecule has 0 unspecified atom stereocenters. The summed E-state index contributed by atoms with van der Waals surface area (Å²) in [7, 11) is -3.32. The lowest BCUT2D eigenvalue weighted by Crippen LogP contribution is -2.12. The maximum absolute atomic E-state index is 13.7. The molecule has 7 heteroatoms. The van der Waals surface area contributed by atoms with Crippen LogP contribution in [0, 0.1) is 5.82 Å². The van der Waals surface area contributed by atoms with Crippen molar-refractivity contribution >= 4 is 21.4 Å². The first-order valence-electron chi connectivity index (χ1n) is 6.85. The van der Waals surface area contributed by atoms with Gasteiger partial charge in [-0.1, -0.05) is 0 Å². The zero-order valence-electron chi connectivity index (χ0n) is 12.7. The van der Waals surface area contributed by atoms with Gasteiger partial charge in [-0.05, 0) is 43.3 Å². The van der Waals surface area contributed by atoms with Gasteiger partial charge in [0.25, 0.3) is 5.91 Å². The molecule has 0 aromatic heterocycles. The molecule has 0 aliphatic heterocycles. The van der Waals surface area contributed by atoms with Gasteiger partial charge in [-0.15, -0.1) is 0 Å². The second kappa shape index (κ2) is 6.78. The van der Waals surface area contributed by atoms with E-state index in [2.05, 4.69) is 5.32 Å². The average molecular weight is 337 g/mol. The second-order valence-electron chi connectivity index (χ2n) is 4.83. The van der Waals surface area contributed by atoms with E-state index in [4.69, 9.17) is 4.74 Å². The molecular weight excluding hydrogens is 321 g/mol. The van der Waals surface area contributed by atoms with Crippen molar-refractivity contribution in [1.82, 2.24) is 0 Å². The van der Waals surface area contributed by atoms with Crippen molar-refractivity contribution in [3.8, 4) is 5.75 Å². The number of sulfone groups is 1. The van der Waals surface area contributed by atoms with Crippen LogP contribution in [-0.4, -0.2) is 27.2 Å². The van der Waals surface area contributed by atoms with Gasteiger partial charge in [-0.25, -0.2) is 12.8 Å². The van der Waals surface area contributed by atoms with Gasteiger partial charge >= 0.3 is 0 Å². The fraction of sp³-hybridized carbons (Fsp3) is 0.188.